The van der Waals surface area contributed by atoms with Gasteiger partial charge in [-0.2, -0.15) is 0 Å². The minimum absolute atomic E-state index is 1.22. The lowest BCUT2D eigenvalue weighted by atomic mass is 10.1. The second kappa shape index (κ2) is 8.10. The van der Waals surface area contributed by atoms with Gasteiger partial charge in [-0.1, -0.05) is 24.3 Å². The molecule has 0 aromatic carbocycles. The summed E-state index contributed by atoms with van der Waals surface area (Å²) in [7, 11) is 0. The highest BCUT2D eigenvalue weighted by Crippen LogP contribution is 2.08. The van der Waals surface area contributed by atoms with Crippen molar-refractivity contribution in [2.75, 3.05) is 0 Å². The molecule has 0 saturated carbocycles. The van der Waals surface area contributed by atoms with Crippen molar-refractivity contribution >= 4 is 0 Å². The predicted octanol–water partition coefficient (Wildman–Crippen LogP) is 4.44. The van der Waals surface area contributed by atoms with Crippen molar-refractivity contribution in [1.29, 1.82) is 0 Å². The molecule has 0 bridgehead atoms. The predicted molar refractivity (Wildman–Crippen MR) is 59.5 cm³/mol. The molecule has 0 aromatic rings. The fourth-order valence-corrected chi connectivity index (χ4v) is 1.57. The van der Waals surface area contributed by atoms with Crippen LogP contribution in [0.4, 0.5) is 0 Å². The van der Waals surface area contributed by atoms with E-state index < -0.39 is 0 Å². The standard InChI is InChI=1S/C13H21/c1-2-4-6-8-10-12-13-11-9-7-5-3-1/h1-2,7,9-10H,3-6,8,11-13H2/b2-1-,9-7+. The molecule has 0 nitrogen and oxygen atoms in total. The second-order valence-electron chi connectivity index (χ2n) is 3.67. The largest absolute Gasteiger partial charge is 0.0885 e. The van der Waals surface area contributed by atoms with E-state index in [1.807, 2.05) is 0 Å². The molecule has 73 valence electrons. The van der Waals surface area contributed by atoms with Crippen LogP contribution in [-0.2, 0) is 0 Å². The van der Waals surface area contributed by atoms with E-state index in [1.54, 1.807) is 0 Å². The topological polar surface area (TPSA) is 0 Å². The van der Waals surface area contributed by atoms with Gasteiger partial charge in [-0.3, -0.25) is 0 Å². The van der Waals surface area contributed by atoms with Crippen LogP contribution in [0.3, 0.4) is 0 Å². The van der Waals surface area contributed by atoms with E-state index in [1.165, 1.54) is 51.4 Å². The van der Waals surface area contributed by atoms with Crippen LogP contribution < -0.4 is 0 Å². The van der Waals surface area contributed by atoms with Crippen LogP contribution in [0.1, 0.15) is 51.4 Å². The summed E-state index contributed by atoms with van der Waals surface area (Å²) in [6.45, 7) is 0. The molecule has 1 rings (SSSR count). The van der Waals surface area contributed by atoms with Gasteiger partial charge in [0, 0.05) is 0 Å². The minimum Gasteiger partial charge on any atom is -0.0885 e. The number of hydrogen-bond acceptors (Lipinski definition) is 0. The van der Waals surface area contributed by atoms with Crippen molar-refractivity contribution in [2.45, 2.75) is 51.4 Å². The first-order valence-electron chi connectivity index (χ1n) is 5.62. The molecular weight excluding hydrogens is 156 g/mol. The summed E-state index contributed by atoms with van der Waals surface area (Å²) in [6, 6.07) is 0. The molecule has 0 atom stereocenters. The molecule has 0 fully saturated rings. The Kier molecular flexibility index (Phi) is 6.58. The van der Waals surface area contributed by atoms with Crippen molar-refractivity contribution < 1.29 is 0 Å². The maximum Gasteiger partial charge on any atom is -0.0316 e. The molecular formula is C13H21. The average Bonchev–Trinajstić information content (AvgIpc) is 2.18. The van der Waals surface area contributed by atoms with Crippen molar-refractivity contribution in [3.63, 3.8) is 0 Å². The van der Waals surface area contributed by atoms with Crippen LogP contribution in [0.15, 0.2) is 24.3 Å². The third-order valence-electron chi connectivity index (χ3n) is 2.39. The Labute approximate surface area is 82.7 Å². The lowest BCUT2D eigenvalue weighted by Crippen LogP contribution is -1.78. The van der Waals surface area contributed by atoms with Gasteiger partial charge in [-0.05, 0) is 57.8 Å². The third-order valence-corrected chi connectivity index (χ3v) is 2.39. The SMILES string of the molecule is [CH]1CCC/C=C\CC/C=C/CCC1. The lowest BCUT2D eigenvalue weighted by Gasteiger charge is -1.96. The zero-order chi connectivity index (χ0) is 9.19. The summed E-state index contributed by atoms with van der Waals surface area (Å²) < 4.78 is 0. The molecule has 0 aliphatic heterocycles. The maximum atomic E-state index is 2.44. The Balaban J connectivity index is 2.18. The molecule has 13 heavy (non-hydrogen) atoms. The second-order valence-corrected chi connectivity index (χ2v) is 3.67. The Morgan fingerprint density at radius 1 is 0.462 bits per heavy atom. The molecule has 0 N–H and O–H groups in total. The molecule has 1 radical (unpaired) electrons. The van der Waals surface area contributed by atoms with Gasteiger partial charge >= 0.3 is 0 Å². The summed E-state index contributed by atoms with van der Waals surface area (Å²) in [5.41, 5.74) is 0. The maximum absolute atomic E-state index is 2.44. The van der Waals surface area contributed by atoms with E-state index in [2.05, 4.69) is 30.7 Å². The molecule has 0 heteroatoms. The molecule has 0 saturated heterocycles. The van der Waals surface area contributed by atoms with Crippen LogP contribution in [0.2, 0.25) is 0 Å². The monoisotopic (exact) mass is 177 g/mol. The van der Waals surface area contributed by atoms with Gasteiger partial charge in [-0.25, -0.2) is 0 Å². The highest BCUT2D eigenvalue weighted by atomic mass is 14.0. The zero-order valence-electron chi connectivity index (χ0n) is 8.54. The highest BCUT2D eigenvalue weighted by Gasteiger charge is 1.90. The molecule has 0 amide bonds. The summed E-state index contributed by atoms with van der Waals surface area (Å²) in [6.07, 6.45) is 22.0. The Hall–Kier alpha value is -0.520. The van der Waals surface area contributed by atoms with Gasteiger partial charge in [0.2, 0.25) is 0 Å². The third kappa shape index (κ3) is 6.62. The highest BCUT2D eigenvalue weighted by molar-refractivity contribution is 4.89. The fourth-order valence-electron chi connectivity index (χ4n) is 1.57. The summed E-state index contributed by atoms with van der Waals surface area (Å²) >= 11 is 0. The lowest BCUT2D eigenvalue weighted by molar-refractivity contribution is 0.740. The normalized spacial score (nSPS) is 26.5. The molecule has 0 aromatic heterocycles. The van der Waals surface area contributed by atoms with Crippen LogP contribution in [-0.4, -0.2) is 0 Å². The first kappa shape index (κ1) is 10.6. The van der Waals surface area contributed by atoms with Gasteiger partial charge < -0.3 is 0 Å². The van der Waals surface area contributed by atoms with E-state index in [0.29, 0.717) is 0 Å². The van der Waals surface area contributed by atoms with Crippen LogP contribution in [0, 0.1) is 6.42 Å². The van der Waals surface area contributed by atoms with Crippen molar-refractivity contribution in [3.8, 4) is 0 Å². The van der Waals surface area contributed by atoms with Crippen LogP contribution in [0.5, 0.6) is 0 Å². The molecule has 0 spiro atoms. The molecule has 1 aliphatic rings. The number of hydrogen-bond donors (Lipinski definition) is 0. The summed E-state index contributed by atoms with van der Waals surface area (Å²) in [5, 5.41) is 0. The van der Waals surface area contributed by atoms with Gasteiger partial charge in [0.1, 0.15) is 0 Å². The van der Waals surface area contributed by atoms with E-state index in [-0.39, 0.29) is 0 Å². The van der Waals surface area contributed by atoms with Crippen molar-refractivity contribution in [3.05, 3.63) is 30.7 Å². The van der Waals surface area contributed by atoms with E-state index in [9.17, 15) is 0 Å². The number of allylic oxidation sites excluding steroid dienone is 4. The van der Waals surface area contributed by atoms with E-state index in [0.717, 1.165) is 0 Å². The van der Waals surface area contributed by atoms with Crippen LogP contribution >= 0.6 is 0 Å². The Morgan fingerprint density at radius 2 is 0.923 bits per heavy atom. The van der Waals surface area contributed by atoms with Gasteiger partial charge in [-0.15, -0.1) is 0 Å². The summed E-state index contributed by atoms with van der Waals surface area (Å²) in [4.78, 5) is 0. The number of rotatable bonds is 0. The minimum atomic E-state index is 1.22. The zero-order valence-corrected chi connectivity index (χ0v) is 8.54. The van der Waals surface area contributed by atoms with E-state index >= 15 is 0 Å². The smallest absolute Gasteiger partial charge is 0.0316 e. The summed E-state index contributed by atoms with van der Waals surface area (Å²) in [5.74, 6) is 0. The molecule has 1 aliphatic carbocycles. The van der Waals surface area contributed by atoms with Gasteiger partial charge in [0.15, 0.2) is 0 Å². The fraction of sp³-hybridized carbons (Fsp3) is 0.615. The van der Waals surface area contributed by atoms with Gasteiger partial charge in [0.25, 0.3) is 0 Å². The molecule has 0 heterocycles. The van der Waals surface area contributed by atoms with Crippen LogP contribution in [0.25, 0.3) is 0 Å². The van der Waals surface area contributed by atoms with Crippen molar-refractivity contribution in [1.82, 2.24) is 0 Å². The Bertz CT molecular complexity index is 135. The Morgan fingerprint density at radius 3 is 1.46 bits per heavy atom. The first-order valence-corrected chi connectivity index (χ1v) is 5.62. The van der Waals surface area contributed by atoms with E-state index in [4.69, 9.17) is 0 Å². The first-order chi connectivity index (χ1) is 6.50. The quantitative estimate of drug-likeness (QED) is 0.480. The van der Waals surface area contributed by atoms with Crippen molar-refractivity contribution in [2.24, 2.45) is 0 Å². The van der Waals surface area contributed by atoms with Gasteiger partial charge in [0.05, 0.1) is 0 Å². The molecule has 0 unspecified atom stereocenters. The average molecular weight is 177 g/mol.